The number of carbonyl (C=O) groups excluding carboxylic acids is 1. The number of ether oxygens (including phenoxy) is 2. The molecule has 0 radical (unpaired) electrons. The molecule has 0 unspecified atom stereocenters. The second-order valence-corrected chi connectivity index (χ2v) is 7.89. The maximum absolute atomic E-state index is 11.8. The fraction of sp³-hybridized carbons (Fsp3) is 0.179. The Morgan fingerprint density at radius 3 is 2.32 bits per heavy atom. The molecule has 1 aliphatic rings. The number of benzene rings is 3. The minimum Gasteiger partial charge on any atom is -0.483 e. The largest absolute Gasteiger partial charge is 0.483 e. The lowest BCUT2D eigenvalue weighted by Crippen LogP contribution is -2.29. The number of carbonyl (C=O) groups is 1. The number of hydrogen-bond donors (Lipinski definition) is 0. The molecule has 3 aromatic carbocycles. The summed E-state index contributed by atoms with van der Waals surface area (Å²) in [6, 6.07) is 23.5. The van der Waals surface area contributed by atoms with Gasteiger partial charge in [0.05, 0.1) is 12.2 Å². The Balaban J connectivity index is 1.64. The maximum atomic E-state index is 11.8. The van der Waals surface area contributed by atoms with Gasteiger partial charge >= 0.3 is 5.97 Å². The van der Waals surface area contributed by atoms with Gasteiger partial charge in [0.15, 0.2) is 0 Å². The van der Waals surface area contributed by atoms with Crippen molar-refractivity contribution in [2.24, 2.45) is 0 Å². The van der Waals surface area contributed by atoms with Crippen molar-refractivity contribution in [3.63, 3.8) is 0 Å². The standard InChI is InChI=1S/C28H24O3/c1-4-30-27(29)23-15-12-20(13-16-23)10-11-21-14-17-26-24(18-21)25(19-28(2,3)31-26)22-8-6-5-7-9-22/h5-9,12-19H,4H2,1-3H3. The van der Waals surface area contributed by atoms with Crippen LogP contribution in [0.2, 0.25) is 0 Å². The lowest BCUT2D eigenvalue weighted by atomic mass is 9.89. The molecule has 154 valence electrons. The molecule has 3 aromatic rings. The smallest absolute Gasteiger partial charge is 0.338 e. The van der Waals surface area contributed by atoms with Crippen LogP contribution in [0, 0.1) is 11.8 Å². The van der Waals surface area contributed by atoms with Gasteiger partial charge in [-0.05, 0) is 80.4 Å². The van der Waals surface area contributed by atoms with Crippen LogP contribution in [0.5, 0.6) is 5.75 Å². The first-order valence-corrected chi connectivity index (χ1v) is 10.4. The van der Waals surface area contributed by atoms with Crippen molar-refractivity contribution in [3.8, 4) is 17.6 Å². The van der Waals surface area contributed by atoms with E-state index in [9.17, 15) is 4.79 Å². The first-order valence-electron chi connectivity index (χ1n) is 10.4. The Hall–Kier alpha value is -3.77. The van der Waals surface area contributed by atoms with Gasteiger partial charge in [-0.3, -0.25) is 0 Å². The van der Waals surface area contributed by atoms with Gasteiger partial charge in [-0.2, -0.15) is 0 Å². The molecule has 0 saturated heterocycles. The molecule has 0 spiro atoms. The van der Waals surface area contributed by atoms with Crippen molar-refractivity contribution in [3.05, 3.63) is 107 Å². The van der Waals surface area contributed by atoms with Crippen LogP contribution in [-0.2, 0) is 4.74 Å². The van der Waals surface area contributed by atoms with Crippen molar-refractivity contribution in [2.45, 2.75) is 26.4 Å². The van der Waals surface area contributed by atoms with E-state index in [0.29, 0.717) is 12.2 Å². The van der Waals surface area contributed by atoms with Gasteiger partial charge in [-0.25, -0.2) is 4.79 Å². The zero-order valence-corrected chi connectivity index (χ0v) is 17.9. The highest BCUT2D eigenvalue weighted by atomic mass is 16.5. The van der Waals surface area contributed by atoms with Crippen molar-refractivity contribution in [1.82, 2.24) is 0 Å². The zero-order chi connectivity index (χ0) is 21.8. The van der Waals surface area contributed by atoms with Crippen LogP contribution in [0.25, 0.3) is 5.57 Å². The van der Waals surface area contributed by atoms with E-state index >= 15 is 0 Å². The first kappa shape index (κ1) is 20.5. The van der Waals surface area contributed by atoms with Crippen LogP contribution in [0.1, 0.15) is 53.4 Å². The number of rotatable bonds is 3. The molecule has 0 fully saturated rings. The fourth-order valence-electron chi connectivity index (χ4n) is 3.55. The van der Waals surface area contributed by atoms with Gasteiger partial charge in [0.25, 0.3) is 0 Å². The van der Waals surface area contributed by atoms with Crippen LogP contribution in [0.4, 0.5) is 0 Å². The van der Waals surface area contributed by atoms with E-state index < -0.39 is 0 Å². The third-order valence-corrected chi connectivity index (χ3v) is 4.97. The normalized spacial score (nSPS) is 13.7. The zero-order valence-electron chi connectivity index (χ0n) is 17.9. The van der Waals surface area contributed by atoms with Crippen LogP contribution in [0.3, 0.4) is 0 Å². The Kier molecular flexibility index (Phi) is 5.64. The lowest BCUT2D eigenvalue weighted by molar-refractivity contribution is 0.0526. The monoisotopic (exact) mass is 408 g/mol. The topological polar surface area (TPSA) is 35.5 Å². The molecule has 0 amide bonds. The van der Waals surface area contributed by atoms with E-state index in [1.165, 1.54) is 0 Å². The van der Waals surface area contributed by atoms with Crippen LogP contribution in [0.15, 0.2) is 78.9 Å². The average Bonchev–Trinajstić information content (AvgIpc) is 2.78. The molecular weight excluding hydrogens is 384 g/mol. The van der Waals surface area contributed by atoms with Crippen LogP contribution >= 0.6 is 0 Å². The van der Waals surface area contributed by atoms with Gasteiger partial charge in [-0.1, -0.05) is 42.2 Å². The minimum atomic E-state index is -0.383. The Labute approximate surface area is 183 Å². The molecule has 0 N–H and O–H groups in total. The SMILES string of the molecule is CCOC(=O)c1ccc(C#Cc2ccc3c(c2)C(c2ccccc2)=CC(C)(C)O3)cc1. The molecule has 31 heavy (non-hydrogen) atoms. The summed E-state index contributed by atoms with van der Waals surface area (Å²) in [5.74, 6) is 6.94. The third kappa shape index (κ3) is 4.70. The highest BCUT2D eigenvalue weighted by Crippen LogP contribution is 2.39. The summed E-state index contributed by atoms with van der Waals surface area (Å²) < 4.78 is 11.2. The quantitative estimate of drug-likeness (QED) is 0.402. The summed E-state index contributed by atoms with van der Waals surface area (Å²) in [7, 11) is 0. The second-order valence-electron chi connectivity index (χ2n) is 7.89. The van der Waals surface area contributed by atoms with Crippen LogP contribution < -0.4 is 4.74 Å². The Morgan fingerprint density at radius 2 is 1.61 bits per heavy atom. The minimum absolute atomic E-state index is 0.320. The molecule has 3 heteroatoms. The molecule has 0 atom stereocenters. The maximum Gasteiger partial charge on any atom is 0.338 e. The summed E-state index contributed by atoms with van der Waals surface area (Å²) in [6.45, 7) is 6.28. The predicted octanol–water partition coefficient (Wildman–Crippen LogP) is 5.87. The van der Waals surface area contributed by atoms with Gasteiger partial charge in [-0.15, -0.1) is 0 Å². The molecule has 1 aliphatic heterocycles. The molecular formula is C28H24O3. The molecule has 0 aliphatic carbocycles. The average molecular weight is 408 g/mol. The highest BCUT2D eigenvalue weighted by molar-refractivity contribution is 5.89. The van der Waals surface area contributed by atoms with E-state index in [1.54, 1.807) is 19.1 Å². The van der Waals surface area contributed by atoms with E-state index in [0.717, 1.165) is 33.6 Å². The predicted molar refractivity (Wildman–Crippen MR) is 123 cm³/mol. The summed E-state index contributed by atoms with van der Waals surface area (Å²) in [5.41, 5.74) is 5.22. The van der Waals surface area contributed by atoms with Gasteiger partial charge in [0, 0.05) is 16.7 Å². The van der Waals surface area contributed by atoms with Crippen molar-refractivity contribution >= 4 is 11.5 Å². The summed E-state index contributed by atoms with van der Waals surface area (Å²) in [6.07, 6.45) is 2.16. The van der Waals surface area contributed by atoms with Crippen molar-refractivity contribution in [2.75, 3.05) is 6.61 Å². The Bertz CT molecular complexity index is 1190. The van der Waals surface area contributed by atoms with Gasteiger partial charge < -0.3 is 9.47 Å². The van der Waals surface area contributed by atoms with E-state index in [-0.39, 0.29) is 11.6 Å². The summed E-state index contributed by atoms with van der Waals surface area (Å²) >= 11 is 0. The fourth-order valence-corrected chi connectivity index (χ4v) is 3.55. The molecule has 1 heterocycles. The number of fused-ring (bicyclic) bond motifs is 1. The van der Waals surface area contributed by atoms with Gasteiger partial charge in [0.1, 0.15) is 11.4 Å². The Morgan fingerprint density at radius 1 is 0.935 bits per heavy atom. The molecule has 4 rings (SSSR count). The van der Waals surface area contributed by atoms with Gasteiger partial charge in [0.2, 0.25) is 0 Å². The number of hydrogen-bond acceptors (Lipinski definition) is 3. The second kappa shape index (κ2) is 8.53. The van der Waals surface area contributed by atoms with Crippen LogP contribution in [-0.4, -0.2) is 18.2 Å². The molecule has 3 nitrogen and oxygen atoms in total. The van der Waals surface area contributed by atoms with E-state index in [2.05, 4.69) is 50.0 Å². The lowest BCUT2D eigenvalue weighted by Gasteiger charge is -2.31. The first-order chi connectivity index (χ1) is 14.9. The third-order valence-electron chi connectivity index (χ3n) is 4.97. The van der Waals surface area contributed by atoms with E-state index in [1.807, 2.05) is 42.5 Å². The molecule has 0 saturated carbocycles. The van der Waals surface area contributed by atoms with Crippen molar-refractivity contribution in [1.29, 1.82) is 0 Å². The molecule has 0 aromatic heterocycles. The highest BCUT2D eigenvalue weighted by Gasteiger charge is 2.27. The van der Waals surface area contributed by atoms with Crippen molar-refractivity contribution < 1.29 is 14.3 Å². The summed E-state index contributed by atoms with van der Waals surface area (Å²) in [4.78, 5) is 11.8. The molecule has 0 bridgehead atoms. The number of esters is 1. The summed E-state index contributed by atoms with van der Waals surface area (Å²) in [5, 5.41) is 0. The van der Waals surface area contributed by atoms with E-state index in [4.69, 9.17) is 9.47 Å².